The van der Waals surface area contributed by atoms with E-state index in [0.717, 1.165) is 36.0 Å². The van der Waals surface area contributed by atoms with Crippen molar-refractivity contribution in [3.8, 4) is 0 Å². The van der Waals surface area contributed by atoms with Crippen molar-refractivity contribution in [2.75, 3.05) is 13.1 Å². The molecule has 1 nitrogen and oxygen atoms in total. The fourth-order valence-corrected chi connectivity index (χ4v) is 3.02. The molecule has 0 aliphatic heterocycles. The minimum atomic E-state index is -0.197. The zero-order chi connectivity index (χ0) is 15.1. The van der Waals surface area contributed by atoms with Crippen LogP contribution in [0.25, 0.3) is 0 Å². The molecule has 2 aromatic carbocycles. The molecule has 0 amide bonds. The highest BCUT2D eigenvalue weighted by Gasteiger charge is 2.12. The Morgan fingerprint density at radius 3 is 2.52 bits per heavy atom. The van der Waals surface area contributed by atoms with Crippen molar-refractivity contribution < 1.29 is 4.39 Å². The van der Waals surface area contributed by atoms with Gasteiger partial charge in [0, 0.05) is 4.47 Å². The van der Waals surface area contributed by atoms with E-state index in [9.17, 15) is 4.39 Å². The van der Waals surface area contributed by atoms with Crippen LogP contribution in [0.4, 0.5) is 4.39 Å². The summed E-state index contributed by atoms with van der Waals surface area (Å²) in [5, 5.41) is 3.43. The Kier molecular flexibility index (Phi) is 6.40. The highest BCUT2D eigenvalue weighted by Crippen LogP contribution is 2.22. The van der Waals surface area contributed by atoms with Gasteiger partial charge in [0.05, 0.1) is 0 Å². The first-order valence-electron chi connectivity index (χ1n) is 7.37. The number of benzene rings is 2. The van der Waals surface area contributed by atoms with E-state index in [1.807, 2.05) is 12.1 Å². The van der Waals surface area contributed by atoms with Crippen molar-refractivity contribution in [2.24, 2.45) is 5.92 Å². The largest absolute Gasteiger partial charge is 0.317 e. The van der Waals surface area contributed by atoms with Gasteiger partial charge < -0.3 is 5.32 Å². The van der Waals surface area contributed by atoms with Gasteiger partial charge in [0.2, 0.25) is 0 Å². The Hall–Kier alpha value is -1.19. The normalized spacial score (nSPS) is 12.3. The molecule has 0 saturated carbocycles. The van der Waals surface area contributed by atoms with E-state index in [-0.39, 0.29) is 5.82 Å². The topological polar surface area (TPSA) is 12.0 Å². The lowest BCUT2D eigenvalue weighted by Crippen LogP contribution is -2.25. The predicted octanol–water partition coefficient (Wildman–Crippen LogP) is 4.60. The zero-order valence-electron chi connectivity index (χ0n) is 12.3. The average Bonchev–Trinajstić information content (AvgIpc) is 2.48. The molecule has 2 aromatic rings. The van der Waals surface area contributed by atoms with Crippen LogP contribution in [0.3, 0.4) is 0 Å². The van der Waals surface area contributed by atoms with Crippen molar-refractivity contribution in [3.05, 3.63) is 69.9 Å². The van der Waals surface area contributed by atoms with E-state index in [4.69, 9.17) is 0 Å². The van der Waals surface area contributed by atoms with Crippen LogP contribution in [-0.2, 0) is 12.8 Å². The molecule has 1 unspecified atom stereocenters. The summed E-state index contributed by atoms with van der Waals surface area (Å²) in [5.41, 5.74) is 2.51. The third kappa shape index (κ3) is 5.25. The lowest BCUT2D eigenvalue weighted by atomic mass is 9.92. The summed E-state index contributed by atoms with van der Waals surface area (Å²) >= 11 is 3.47. The van der Waals surface area contributed by atoms with Crippen LogP contribution in [0.2, 0.25) is 0 Å². The van der Waals surface area contributed by atoms with Gasteiger partial charge >= 0.3 is 0 Å². The number of rotatable bonds is 7. The summed E-state index contributed by atoms with van der Waals surface area (Å²) < 4.78 is 14.1. The highest BCUT2D eigenvalue weighted by atomic mass is 79.9. The number of halogens is 2. The number of hydrogen-bond acceptors (Lipinski definition) is 1. The van der Waals surface area contributed by atoms with Gasteiger partial charge in [-0.2, -0.15) is 0 Å². The Morgan fingerprint density at radius 2 is 1.86 bits per heavy atom. The first-order chi connectivity index (χ1) is 10.2. The summed E-state index contributed by atoms with van der Waals surface area (Å²) in [6.07, 6.45) is 1.96. The molecule has 21 heavy (non-hydrogen) atoms. The lowest BCUT2D eigenvalue weighted by Gasteiger charge is -2.18. The molecule has 0 spiro atoms. The third-order valence-electron chi connectivity index (χ3n) is 3.57. The quantitative estimate of drug-likeness (QED) is 0.770. The van der Waals surface area contributed by atoms with Crippen molar-refractivity contribution in [1.82, 2.24) is 5.32 Å². The Bertz CT molecular complexity index is 556. The van der Waals surface area contributed by atoms with Crippen LogP contribution in [0.15, 0.2) is 53.0 Å². The zero-order valence-corrected chi connectivity index (χ0v) is 13.9. The van der Waals surface area contributed by atoms with Gasteiger partial charge in [-0.1, -0.05) is 59.3 Å². The molecule has 0 radical (unpaired) electrons. The van der Waals surface area contributed by atoms with Gasteiger partial charge in [0.25, 0.3) is 0 Å². The summed E-state index contributed by atoms with van der Waals surface area (Å²) in [7, 11) is 0. The van der Waals surface area contributed by atoms with E-state index < -0.39 is 0 Å². The Labute approximate surface area is 134 Å². The van der Waals surface area contributed by atoms with Gasteiger partial charge in [-0.25, -0.2) is 4.39 Å². The summed E-state index contributed by atoms with van der Waals surface area (Å²) in [4.78, 5) is 0. The summed E-state index contributed by atoms with van der Waals surface area (Å²) in [6.45, 7) is 4.05. The summed E-state index contributed by atoms with van der Waals surface area (Å²) in [5.74, 6) is 0.297. The number of hydrogen-bond donors (Lipinski definition) is 1. The Morgan fingerprint density at radius 1 is 1.10 bits per heavy atom. The van der Waals surface area contributed by atoms with Crippen molar-refractivity contribution in [3.63, 3.8) is 0 Å². The van der Waals surface area contributed by atoms with E-state index in [1.54, 1.807) is 6.07 Å². The molecule has 0 heterocycles. The molecule has 0 aromatic heterocycles. The van der Waals surface area contributed by atoms with E-state index in [1.165, 1.54) is 11.6 Å². The fourth-order valence-electron chi connectivity index (χ4n) is 2.51. The Balaban J connectivity index is 2.08. The van der Waals surface area contributed by atoms with Crippen LogP contribution in [0.5, 0.6) is 0 Å². The van der Waals surface area contributed by atoms with Gasteiger partial charge in [-0.3, -0.25) is 0 Å². The molecule has 112 valence electrons. The smallest absolute Gasteiger partial charge is 0.124 e. The molecule has 0 aliphatic rings. The summed E-state index contributed by atoms with van der Waals surface area (Å²) in [6, 6.07) is 15.5. The molecular formula is C18H21BrFN. The second-order valence-corrected chi connectivity index (χ2v) is 6.16. The van der Waals surface area contributed by atoms with E-state index in [2.05, 4.69) is 52.4 Å². The maximum absolute atomic E-state index is 13.2. The van der Waals surface area contributed by atoms with Crippen LogP contribution in [-0.4, -0.2) is 13.1 Å². The maximum atomic E-state index is 13.2. The highest BCUT2D eigenvalue weighted by molar-refractivity contribution is 9.10. The van der Waals surface area contributed by atoms with Crippen molar-refractivity contribution in [1.29, 1.82) is 0 Å². The molecule has 1 N–H and O–H groups in total. The van der Waals surface area contributed by atoms with Crippen LogP contribution < -0.4 is 5.32 Å². The van der Waals surface area contributed by atoms with Crippen LogP contribution in [0.1, 0.15) is 18.1 Å². The molecule has 0 aliphatic carbocycles. The molecule has 0 saturated heterocycles. The van der Waals surface area contributed by atoms with Crippen molar-refractivity contribution in [2.45, 2.75) is 19.8 Å². The van der Waals surface area contributed by atoms with Gasteiger partial charge in [0.15, 0.2) is 0 Å². The van der Waals surface area contributed by atoms with E-state index in [0.29, 0.717) is 5.92 Å². The predicted molar refractivity (Wildman–Crippen MR) is 90.0 cm³/mol. The minimum absolute atomic E-state index is 0.197. The lowest BCUT2D eigenvalue weighted by molar-refractivity contribution is 0.477. The third-order valence-corrected chi connectivity index (χ3v) is 4.31. The first kappa shape index (κ1) is 16.2. The van der Waals surface area contributed by atoms with Crippen LogP contribution >= 0.6 is 15.9 Å². The molecule has 2 rings (SSSR count). The van der Waals surface area contributed by atoms with Crippen LogP contribution in [0, 0.1) is 11.7 Å². The molecular weight excluding hydrogens is 329 g/mol. The van der Waals surface area contributed by atoms with E-state index >= 15 is 0 Å². The molecule has 0 bridgehead atoms. The fraction of sp³-hybridized carbons (Fsp3) is 0.333. The SMILES string of the molecule is CCNCC(Cc1ccccc1)Cc1ccc(F)cc1Br. The second-order valence-electron chi connectivity index (χ2n) is 5.30. The van der Waals surface area contributed by atoms with Crippen molar-refractivity contribution >= 4 is 15.9 Å². The number of nitrogens with one attached hydrogen (secondary N) is 1. The van der Waals surface area contributed by atoms with Gasteiger partial charge in [-0.05, 0) is 55.1 Å². The first-order valence-corrected chi connectivity index (χ1v) is 8.17. The van der Waals surface area contributed by atoms with Gasteiger partial charge in [0.1, 0.15) is 5.82 Å². The molecule has 1 atom stereocenters. The average molecular weight is 350 g/mol. The minimum Gasteiger partial charge on any atom is -0.317 e. The second kappa shape index (κ2) is 8.30. The molecule has 0 fully saturated rings. The van der Waals surface area contributed by atoms with Gasteiger partial charge in [-0.15, -0.1) is 0 Å². The maximum Gasteiger partial charge on any atom is 0.124 e. The monoisotopic (exact) mass is 349 g/mol. The molecule has 3 heteroatoms. The standard InChI is InChI=1S/C18H21BrFN/c1-2-21-13-15(10-14-6-4-3-5-7-14)11-16-8-9-17(20)12-18(16)19/h3-9,12,15,21H,2,10-11,13H2,1H3.